The first-order valence-corrected chi connectivity index (χ1v) is 5.79. The molecule has 2 nitrogen and oxygen atoms in total. The molecule has 0 aromatic heterocycles. The summed E-state index contributed by atoms with van der Waals surface area (Å²) in [5, 5.41) is 7.56. The molecule has 3 atom stereocenters. The molecule has 2 fully saturated rings. The van der Waals surface area contributed by atoms with Crippen molar-refractivity contribution in [2.75, 3.05) is 0 Å². The van der Waals surface area contributed by atoms with Crippen molar-refractivity contribution in [2.45, 2.75) is 46.1 Å². The van der Waals surface area contributed by atoms with Crippen molar-refractivity contribution >= 4 is 5.90 Å². The molecule has 2 aliphatic rings. The SMILES string of the molecule is C=CC(=N)OC1CC2CCC1(C)C2(C)C. The third-order valence-corrected chi connectivity index (χ3v) is 5.17. The van der Waals surface area contributed by atoms with Crippen molar-refractivity contribution in [3.8, 4) is 0 Å². The van der Waals surface area contributed by atoms with Gasteiger partial charge in [0, 0.05) is 5.41 Å². The maximum atomic E-state index is 7.56. The highest BCUT2D eigenvalue weighted by Gasteiger charge is 2.62. The van der Waals surface area contributed by atoms with Gasteiger partial charge in [-0.15, -0.1) is 0 Å². The summed E-state index contributed by atoms with van der Waals surface area (Å²) in [5.74, 6) is 0.995. The summed E-state index contributed by atoms with van der Waals surface area (Å²) in [6, 6.07) is 0. The first-order chi connectivity index (χ1) is 6.91. The minimum atomic E-state index is 0.219. The second-order valence-corrected chi connectivity index (χ2v) is 5.79. The van der Waals surface area contributed by atoms with Crippen molar-refractivity contribution in [3.63, 3.8) is 0 Å². The molecule has 2 bridgehead atoms. The molecule has 2 saturated carbocycles. The molecule has 0 heterocycles. The zero-order chi connectivity index (χ0) is 11.3. The topological polar surface area (TPSA) is 33.1 Å². The first kappa shape index (κ1) is 10.7. The highest BCUT2D eigenvalue weighted by atomic mass is 16.5. The molecule has 2 heteroatoms. The Bertz CT molecular complexity index is 308. The van der Waals surface area contributed by atoms with E-state index < -0.39 is 0 Å². The van der Waals surface area contributed by atoms with Gasteiger partial charge in [-0.25, -0.2) is 0 Å². The van der Waals surface area contributed by atoms with Gasteiger partial charge in [0.25, 0.3) is 0 Å². The van der Waals surface area contributed by atoms with Crippen LogP contribution < -0.4 is 0 Å². The maximum absolute atomic E-state index is 7.56. The van der Waals surface area contributed by atoms with E-state index in [-0.39, 0.29) is 17.4 Å². The normalized spacial score (nSPS) is 41.5. The quantitative estimate of drug-likeness (QED) is 0.546. The fourth-order valence-corrected chi connectivity index (χ4v) is 3.51. The van der Waals surface area contributed by atoms with Crippen LogP contribution in [0.3, 0.4) is 0 Å². The van der Waals surface area contributed by atoms with Gasteiger partial charge in [0.1, 0.15) is 6.10 Å². The Balaban J connectivity index is 2.19. The number of ether oxygens (including phenoxy) is 1. The van der Waals surface area contributed by atoms with Gasteiger partial charge >= 0.3 is 0 Å². The van der Waals surface area contributed by atoms with Crippen LogP contribution in [0.25, 0.3) is 0 Å². The average molecular weight is 207 g/mol. The fraction of sp³-hybridized carbons (Fsp3) is 0.769. The van der Waals surface area contributed by atoms with Gasteiger partial charge in [-0.3, -0.25) is 5.41 Å². The fourth-order valence-electron chi connectivity index (χ4n) is 3.51. The van der Waals surface area contributed by atoms with Crippen molar-refractivity contribution in [3.05, 3.63) is 12.7 Å². The summed E-state index contributed by atoms with van der Waals surface area (Å²) in [6.45, 7) is 10.6. The second kappa shape index (κ2) is 3.10. The summed E-state index contributed by atoms with van der Waals surface area (Å²) in [5.41, 5.74) is 0.603. The maximum Gasteiger partial charge on any atom is 0.205 e. The predicted octanol–water partition coefficient (Wildman–Crippen LogP) is 3.38. The number of hydrogen-bond donors (Lipinski definition) is 1. The summed E-state index contributed by atoms with van der Waals surface area (Å²) >= 11 is 0. The zero-order valence-electron chi connectivity index (χ0n) is 9.97. The Morgan fingerprint density at radius 1 is 1.47 bits per heavy atom. The minimum Gasteiger partial charge on any atom is -0.474 e. The van der Waals surface area contributed by atoms with Crippen LogP contribution in [0.5, 0.6) is 0 Å². The van der Waals surface area contributed by atoms with Crippen LogP contribution in [0.1, 0.15) is 40.0 Å². The third-order valence-electron chi connectivity index (χ3n) is 5.17. The summed E-state index contributed by atoms with van der Waals surface area (Å²) in [7, 11) is 0. The third kappa shape index (κ3) is 1.27. The number of fused-ring (bicyclic) bond motifs is 2. The molecule has 0 spiro atoms. The van der Waals surface area contributed by atoms with E-state index in [2.05, 4.69) is 27.4 Å². The standard InChI is InChI=1S/C13H21NO/c1-5-11(14)15-10-8-9-6-7-13(10,4)12(9,2)3/h5,9-10,14H,1,6-8H2,2-4H3. The molecule has 0 saturated heterocycles. The predicted molar refractivity (Wildman–Crippen MR) is 62.0 cm³/mol. The van der Waals surface area contributed by atoms with E-state index in [1.54, 1.807) is 0 Å². The molecule has 84 valence electrons. The van der Waals surface area contributed by atoms with E-state index in [1.807, 2.05) is 0 Å². The Morgan fingerprint density at radius 2 is 2.13 bits per heavy atom. The van der Waals surface area contributed by atoms with Gasteiger partial charge in [0.15, 0.2) is 0 Å². The van der Waals surface area contributed by atoms with E-state index in [4.69, 9.17) is 10.1 Å². The molecule has 2 rings (SSSR count). The Labute approximate surface area is 92.2 Å². The molecule has 2 aliphatic carbocycles. The Morgan fingerprint density at radius 3 is 2.53 bits per heavy atom. The molecule has 0 radical (unpaired) electrons. The molecular weight excluding hydrogens is 186 g/mol. The molecule has 0 aliphatic heterocycles. The molecule has 15 heavy (non-hydrogen) atoms. The lowest BCUT2D eigenvalue weighted by atomic mass is 9.70. The Kier molecular flexibility index (Phi) is 2.21. The average Bonchev–Trinajstić information content (AvgIpc) is 2.50. The lowest BCUT2D eigenvalue weighted by molar-refractivity contribution is 0.0224. The molecule has 0 amide bonds. The molecule has 0 aromatic rings. The molecule has 0 aromatic carbocycles. The van der Waals surface area contributed by atoms with Gasteiger partial charge < -0.3 is 4.74 Å². The van der Waals surface area contributed by atoms with Gasteiger partial charge in [0.05, 0.1) is 0 Å². The molecule has 3 unspecified atom stereocenters. The van der Waals surface area contributed by atoms with Crippen LogP contribution >= 0.6 is 0 Å². The number of hydrogen-bond acceptors (Lipinski definition) is 2. The second-order valence-electron chi connectivity index (χ2n) is 5.79. The van der Waals surface area contributed by atoms with Crippen molar-refractivity contribution in [1.29, 1.82) is 5.41 Å². The van der Waals surface area contributed by atoms with E-state index in [0.717, 1.165) is 12.3 Å². The van der Waals surface area contributed by atoms with Crippen molar-refractivity contribution in [1.82, 2.24) is 0 Å². The minimum absolute atomic E-state index is 0.219. The van der Waals surface area contributed by atoms with Crippen LogP contribution in [0.4, 0.5) is 0 Å². The zero-order valence-corrected chi connectivity index (χ0v) is 9.97. The smallest absolute Gasteiger partial charge is 0.205 e. The Hall–Kier alpha value is -0.790. The van der Waals surface area contributed by atoms with Gasteiger partial charge in [0.2, 0.25) is 5.90 Å². The van der Waals surface area contributed by atoms with Crippen LogP contribution in [0.15, 0.2) is 12.7 Å². The van der Waals surface area contributed by atoms with Crippen LogP contribution in [0.2, 0.25) is 0 Å². The summed E-state index contributed by atoms with van der Waals surface area (Å²) in [4.78, 5) is 0. The highest BCUT2D eigenvalue weighted by Crippen LogP contribution is 2.66. The van der Waals surface area contributed by atoms with Crippen LogP contribution in [-0.4, -0.2) is 12.0 Å². The van der Waals surface area contributed by atoms with Crippen LogP contribution in [0, 0.1) is 22.2 Å². The van der Waals surface area contributed by atoms with E-state index in [9.17, 15) is 0 Å². The van der Waals surface area contributed by atoms with E-state index in [0.29, 0.717) is 5.41 Å². The molecular formula is C13H21NO. The van der Waals surface area contributed by atoms with Gasteiger partial charge in [-0.05, 0) is 36.7 Å². The first-order valence-electron chi connectivity index (χ1n) is 5.79. The van der Waals surface area contributed by atoms with Crippen molar-refractivity contribution < 1.29 is 4.74 Å². The largest absolute Gasteiger partial charge is 0.474 e. The van der Waals surface area contributed by atoms with Gasteiger partial charge in [-0.2, -0.15) is 0 Å². The lowest BCUT2D eigenvalue weighted by Gasteiger charge is -2.38. The van der Waals surface area contributed by atoms with E-state index >= 15 is 0 Å². The van der Waals surface area contributed by atoms with Crippen LogP contribution in [-0.2, 0) is 4.74 Å². The summed E-state index contributed by atoms with van der Waals surface area (Å²) < 4.78 is 5.70. The monoisotopic (exact) mass is 207 g/mol. The van der Waals surface area contributed by atoms with Crippen molar-refractivity contribution in [2.24, 2.45) is 16.7 Å². The van der Waals surface area contributed by atoms with E-state index in [1.165, 1.54) is 18.9 Å². The number of nitrogens with one attached hydrogen (secondary N) is 1. The lowest BCUT2D eigenvalue weighted by Crippen LogP contribution is -2.37. The molecule has 1 N–H and O–H groups in total. The van der Waals surface area contributed by atoms with Gasteiger partial charge in [-0.1, -0.05) is 27.4 Å². The highest BCUT2D eigenvalue weighted by molar-refractivity contribution is 5.84. The number of rotatable bonds is 2. The summed E-state index contributed by atoms with van der Waals surface area (Å²) in [6.07, 6.45) is 5.38.